The molecule has 1 saturated heterocycles. The van der Waals surface area contributed by atoms with Crippen LogP contribution in [0.1, 0.15) is 81.7 Å². The molecule has 0 N–H and O–H groups in total. The second-order valence-electron chi connectivity index (χ2n) is 7.46. The van der Waals surface area contributed by atoms with E-state index in [1.807, 2.05) is 27.7 Å². The summed E-state index contributed by atoms with van der Waals surface area (Å²) in [5, 5.41) is 0. The number of rotatable bonds is 1. The zero-order valence-corrected chi connectivity index (χ0v) is 17.2. The molecule has 1 aromatic rings. The van der Waals surface area contributed by atoms with Crippen LogP contribution < -0.4 is 5.46 Å². The molecule has 1 heterocycles. The van der Waals surface area contributed by atoms with E-state index in [2.05, 4.69) is 72.7 Å². The van der Waals surface area contributed by atoms with Gasteiger partial charge in [0.2, 0.25) is 0 Å². The highest BCUT2D eigenvalue weighted by Gasteiger charge is 2.51. The summed E-state index contributed by atoms with van der Waals surface area (Å²) >= 11 is 0. The monoisotopic (exact) mass is 320 g/mol. The van der Waals surface area contributed by atoms with Gasteiger partial charge in [0.05, 0.1) is 11.2 Å². The highest BCUT2D eigenvalue weighted by Crippen LogP contribution is 2.36. The fraction of sp³-hybridized carbons (Fsp3) is 0.700. The highest BCUT2D eigenvalue weighted by atomic mass is 16.7. The molecule has 0 amide bonds. The second kappa shape index (κ2) is 8.35. The van der Waals surface area contributed by atoms with Gasteiger partial charge in [0.25, 0.3) is 0 Å². The summed E-state index contributed by atoms with van der Waals surface area (Å²) in [4.78, 5) is 0. The van der Waals surface area contributed by atoms with E-state index in [-0.39, 0.29) is 23.7 Å². The molecule has 0 unspecified atom stereocenters. The van der Waals surface area contributed by atoms with Crippen molar-refractivity contribution in [2.24, 2.45) is 0 Å². The van der Waals surface area contributed by atoms with Crippen LogP contribution in [-0.2, 0) is 14.7 Å². The lowest BCUT2D eigenvalue weighted by atomic mass is 9.77. The summed E-state index contributed by atoms with van der Waals surface area (Å²) in [5.74, 6) is 0. The second-order valence-corrected chi connectivity index (χ2v) is 7.46. The van der Waals surface area contributed by atoms with Gasteiger partial charge in [-0.2, -0.15) is 0 Å². The Labute approximate surface area is 145 Å². The SMILES string of the molecule is CC.CC.CC(C)(C)c1ccc(B2OC(C)(C)C(C)(C)O2)cc1. The molecule has 132 valence electrons. The summed E-state index contributed by atoms with van der Waals surface area (Å²) < 4.78 is 12.1. The molecule has 0 spiro atoms. The van der Waals surface area contributed by atoms with Crippen molar-refractivity contribution in [2.45, 2.75) is 92.8 Å². The lowest BCUT2D eigenvalue weighted by Crippen LogP contribution is -2.41. The minimum Gasteiger partial charge on any atom is -0.399 e. The van der Waals surface area contributed by atoms with Crippen LogP contribution in [0, 0.1) is 0 Å². The quantitative estimate of drug-likeness (QED) is 0.651. The summed E-state index contributed by atoms with van der Waals surface area (Å²) in [5.41, 5.74) is 2.04. The lowest BCUT2D eigenvalue weighted by molar-refractivity contribution is 0.00578. The average molecular weight is 320 g/mol. The Morgan fingerprint density at radius 1 is 0.739 bits per heavy atom. The van der Waals surface area contributed by atoms with Gasteiger partial charge in [-0.1, -0.05) is 72.7 Å². The van der Waals surface area contributed by atoms with Crippen LogP contribution in [0.2, 0.25) is 0 Å². The summed E-state index contributed by atoms with van der Waals surface area (Å²) in [7, 11) is -0.265. The number of hydrogen-bond acceptors (Lipinski definition) is 2. The lowest BCUT2D eigenvalue weighted by Gasteiger charge is -2.32. The highest BCUT2D eigenvalue weighted by molar-refractivity contribution is 6.62. The van der Waals surface area contributed by atoms with Crippen molar-refractivity contribution in [3.05, 3.63) is 29.8 Å². The van der Waals surface area contributed by atoms with Gasteiger partial charge in [-0.3, -0.25) is 0 Å². The summed E-state index contributed by atoms with van der Waals surface area (Å²) in [6.45, 7) is 23.0. The molecule has 1 fully saturated rings. The first-order valence-electron chi connectivity index (χ1n) is 8.99. The number of hydrogen-bond donors (Lipinski definition) is 0. The predicted molar refractivity (Wildman–Crippen MR) is 104 cm³/mol. The molecule has 0 aromatic heterocycles. The molecule has 1 aromatic carbocycles. The van der Waals surface area contributed by atoms with Crippen molar-refractivity contribution in [3.8, 4) is 0 Å². The fourth-order valence-corrected chi connectivity index (χ4v) is 2.12. The Hall–Kier alpha value is -0.795. The first-order valence-corrected chi connectivity index (χ1v) is 8.99. The molecular weight excluding hydrogens is 283 g/mol. The Morgan fingerprint density at radius 3 is 1.39 bits per heavy atom. The van der Waals surface area contributed by atoms with Crippen LogP contribution in [0.4, 0.5) is 0 Å². The standard InChI is InChI=1S/C16H25BO2.2C2H6/c1-14(2,3)12-8-10-13(11-9-12)17-18-15(4,5)16(6,7)19-17;2*1-2/h8-11H,1-7H3;2*1-2H3. The van der Waals surface area contributed by atoms with Crippen LogP contribution >= 0.6 is 0 Å². The van der Waals surface area contributed by atoms with Crippen LogP contribution in [0.3, 0.4) is 0 Å². The summed E-state index contributed by atoms with van der Waals surface area (Å²) in [6.07, 6.45) is 0. The van der Waals surface area contributed by atoms with Crippen LogP contribution in [0.15, 0.2) is 24.3 Å². The van der Waals surface area contributed by atoms with Gasteiger partial charge in [-0.15, -0.1) is 0 Å². The van der Waals surface area contributed by atoms with Crippen LogP contribution in [-0.4, -0.2) is 18.3 Å². The van der Waals surface area contributed by atoms with Crippen molar-refractivity contribution in [1.29, 1.82) is 0 Å². The predicted octanol–water partition coefficient (Wildman–Crippen LogP) is 5.34. The third-order valence-corrected chi connectivity index (χ3v) is 4.30. The van der Waals surface area contributed by atoms with E-state index in [1.54, 1.807) is 0 Å². The molecule has 23 heavy (non-hydrogen) atoms. The first kappa shape index (κ1) is 22.2. The molecular formula is C20H37BO2. The van der Waals surface area contributed by atoms with E-state index in [1.165, 1.54) is 5.56 Å². The molecule has 3 heteroatoms. The molecule has 1 aliphatic heterocycles. The van der Waals surface area contributed by atoms with E-state index < -0.39 is 0 Å². The maximum absolute atomic E-state index is 6.05. The van der Waals surface area contributed by atoms with Gasteiger partial charge < -0.3 is 9.31 Å². The van der Waals surface area contributed by atoms with Crippen molar-refractivity contribution in [2.75, 3.05) is 0 Å². The number of benzene rings is 1. The molecule has 2 rings (SSSR count). The van der Waals surface area contributed by atoms with Gasteiger partial charge in [-0.25, -0.2) is 0 Å². The van der Waals surface area contributed by atoms with Crippen molar-refractivity contribution >= 4 is 12.6 Å². The van der Waals surface area contributed by atoms with E-state index in [0.717, 1.165) is 5.46 Å². The molecule has 2 nitrogen and oxygen atoms in total. The van der Waals surface area contributed by atoms with Gasteiger partial charge in [0.1, 0.15) is 0 Å². The van der Waals surface area contributed by atoms with E-state index in [0.29, 0.717) is 0 Å². The minimum atomic E-state index is -0.277. The normalized spacial score (nSPS) is 18.5. The summed E-state index contributed by atoms with van der Waals surface area (Å²) in [6, 6.07) is 8.56. The fourth-order valence-electron chi connectivity index (χ4n) is 2.12. The third-order valence-electron chi connectivity index (χ3n) is 4.30. The van der Waals surface area contributed by atoms with Crippen molar-refractivity contribution in [3.63, 3.8) is 0 Å². The Kier molecular flexibility index (Phi) is 8.06. The molecule has 0 atom stereocenters. The van der Waals surface area contributed by atoms with Crippen LogP contribution in [0.5, 0.6) is 0 Å². The van der Waals surface area contributed by atoms with Crippen molar-refractivity contribution in [1.82, 2.24) is 0 Å². The largest absolute Gasteiger partial charge is 0.494 e. The maximum Gasteiger partial charge on any atom is 0.494 e. The zero-order chi connectivity index (χ0) is 18.5. The zero-order valence-electron chi connectivity index (χ0n) is 17.2. The smallest absolute Gasteiger partial charge is 0.399 e. The Morgan fingerprint density at radius 2 is 1.09 bits per heavy atom. The minimum absolute atomic E-state index is 0.175. The molecule has 0 bridgehead atoms. The van der Waals surface area contributed by atoms with Crippen molar-refractivity contribution < 1.29 is 9.31 Å². The Bertz CT molecular complexity index is 440. The first-order chi connectivity index (χ1) is 10.5. The third kappa shape index (κ3) is 5.36. The molecule has 1 aliphatic rings. The van der Waals surface area contributed by atoms with Gasteiger partial charge in [0.15, 0.2) is 0 Å². The van der Waals surface area contributed by atoms with Gasteiger partial charge in [0, 0.05) is 0 Å². The van der Waals surface area contributed by atoms with E-state index in [4.69, 9.17) is 9.31 Å². The molecule has 0 saturated carbocycles. The van der Waals surface area contributed by atoms with Gasteiger partial charge >= 0.3 is 7.12 Å². The topological polar surface area (TPSA) is 18.5 Å². The van der Waals surface area contributed by atoms with E-state index in [9.17, 15) is 0 Å². The van der Waals surface area contributed by atoms with Crippen LogP contribution in [0.25, 0.3) is 0 Å². The van der Waals surface area contributed by atoms with Gasteiger partial charge in [-0.05, 0) is 44.1 Å². The van der Waals surface area contributed by atoms with E-state index >= 15 is 0 Å². The molecule has 0 radical (unpaired) electrons. The Balaban J connectivity index is 0.00000112. The average Bonchev–Trinajstić information content (AvgIpc) is 2.71. The molecule has 0 aliphatic carbocycles. The maximum atomic E-state index is 6.05.